The van der Waals surface area contributed by atoms with Crippen LogP contribution in [0.2, 0.25) is 0 Å². The first kappa shape index (κ1) is 13.6. The highest BCUT2D eigenvalue weighted by Crippen LogP contribution is 2.25. The molecule has 0 aromatic carbocycles. The Morgan fingerprint density at radius 1 is 1.50 bits per heavy atom. The largest absolute Gasteiger partial charge is 0.467 e. The normalized spacial score (nSPS) is 27.9. The summed E-state index contributed by atoms with van der Waals surface area (Å²) < 4.78 is 5.23. The number of hydrogen-bond donors (Lipinski definition) is 2. The molecular formula is C15H25NO2. The Labute approximate surface area is 110 Å². The molecule has 0 aliphatic heterocycles. The third kappa shape index (κ3) is 3.85. The summed E-state index contributed by atoms with van der Waals surface area (Å²) in [7, 11) is 0. The molecule has 1 aliphatic carbocycles. The number of furan rings is 1. The molecule has 0 spiro atoms. The van der Waals surface area contributed by atoms with Crippen LogP contribution in [0.4, 0.5) is 0 Å². The molecule has 1 aliphatic rings. The van der Waals surface area contributed by atoms with Gasteiger partial charge in [-0.2, -0.15) is 0 Å². The molecule has 0 amide bonds. The molecule has 1 saturated carbocycles. The van der Waals surface area contributed by atoms with E-state index in [-0.39, 0.29) is 0 Å². The lowest BCUT2D eigenvalue weighted by Gasteiger charge is -2.30. The maximum absolute atomic E-state index is 10.0. The van der Waals surface area contributed by atoms with Gasteiger partial charge in [0.25, 0.3) is 0 Å². The standard InChI is InChI=1S/C15H25NO2/c1-11-5-3-6-13(9-11)16-12(2)10-14(17)15-7-4-8-18-15/h4,7-8,11-14,16-17H,3,5-6,9-10H2,1-2H3. The Bertz CT molecular complexity index is 336. The van der Waals surface area contributed by atoms with Crippen molar-refractivity contribution in [2.45, 2.75) is 64.1 Å². The average molecular weight is 251 g/mol. The Hall–Kier alpha value is -0.800. The first-order valence-corrected chi connectivity index (χ1v) is 7.12. The van der Waals surface area contributed by atoms with Crippen LogP contribution in [-0.2, 0) is 0 Å². The molecule has 0 saturated heterocycles. The van der Waals surface area contributed by atoms with Crippen molar-refractivity contribution < 1.29 is 9.52 Å². The molecule has 1 heterocycles. The van der Waals surface area contributed by atoms with Crippen LogP contribution in [0.1, 0.15) is 57.8 Å². The van der Waals surface area contributed by atoms with Crippen molar-refractivity contribution in [3.8, 4) is 0 Å². The van der Waals surface area contributed by atoms with Crippen molar-refractivity contribution in [3.63, 3.8) is 0 Å². The molecule has 1 aromatic rings. The van der Waals surface area contributed by atoms with Crippen molar-refractivity contribution in [2.75, 3.05) is 0 Å². The lowest BCUT2D eigenvalue weighted by atomic mass is 9.86. The van der Waals surface area contributed by atoms with Gasteiger partial charge in [0.1, 0.15) is 11.9 Å². The number of aliphatic hydroxyl groups excluding tert-OH is 1. The van der Waals surface area contributed by atoms with Gasteiger partial charge in [-0.25, -0.2) is 0 Å². The molecule has 4 unspecified atom stereocenters. The van der Waals surface area contributed by atoms with Gasteiger partial charge >= 0.3 is 0 Å². The molecular weight excluding hydrogens is 226 g/mol. The van der Waals surface area contributed by atoms with Gasteiger partial charge < -0.3 is 14.8 Å². The van der Waals surface area contributed by atoms with Crippen LogP contribution in [0.5, 0.6) is 0 Å². The number of rotatable bonds is 5. The number of nitrogens with one attached hydrogen (secondary N) is 1. The summed E-state index contributed by atoms with van der Waals surface area (Å²) in [6, 6.07) is 4.59. The summed E-state index contributed by atoms with van der Waals surface area (Å²) in [5, 5.41) is 13.7. The Morgan fingerprint density at radius 3 is 3.00 bits per heavy atom. The lowest BCUT2D eigenvalue weighted by Crippen LogP contribution is -2.40. The van der Waals surface area contributed by atoms with Gasteiger partial charge in [-0.05, 0) is 44.2 Å². The highest BCUT2D eigenvalue weighted by molar-refractivity contribution is 5.02. The van der Waals surface area contributed by atoms with E-state index < -0.39 is 6.10 Å². The molecule has 0 radical (unpaired) electrons. The summed E-state index contributed by atoms with van der Waals surface area (Å²) in [6.45, 7) is 4.47. The van der Waals surface area contributed by atoms with Gasteiger partial charge in [-0.3, -0.25) is 0 Å². The molecule has 3 nitrogen and oxygen atoms in total. The van der Waals surface area contributed by atoms with E-state index in [0.29, 0.717) is 24.3 Å². The van der Waals surface area contributed by atoms with Crippen LogP contribution in [0, 0.1) is 5.92 Å². The minimum absolute atomic E-state index is 0.320. The number of aliphatic hydroxyl groups is 1. The fourth-order valence-corrected chi connectivity index (χ4v) is 2.99. The first-order chi connectivity index (χ1) is 8.65. The molecule has 4 atom stereocenters. The Morgan fingerprint density at radius 2 is 2.33 bits per heavy atom. The van der Waals surface area contributed by atoms with Crippen LogP contribution < -0.4 is 5.32 Å². The zero-order chi connectivity index (χ0) is 13.0. The molecule has 2 N–H and O–H groups in total. The van der Waals surface area contributed by atoms with E-state index in [4.69, 9.17) is 4.42 Å². The lowest BCUT2D eigenvalue weighted by molar-refractivity contribution is 0.124. The van der Waals surface area contributed by atoms with Crippen molar-refractivity contribution in [1.29, 1.82) is 0 Å². The van der Waals surface area contributed by atoms with Crippen molar-refractivity contribution in [1.82, 2.24) is 5.32 Å². The monoisotopic (exact) mass is 251 g/mol. The number of hydrogen-bond acceptors (Lipinski definition) is 3. The molecule has 3 heteroatoms. The van der Waals surface area contributed by atoms with E-state index in [0.717, 1.165) is 5.92 Å². The van der Waals surface area contributed by atoms with Crippen LogP contribution in [0.15, 0.2) is 22.8 Å². The van der Waals surface area contributed by atoms with Gasteiger partial charge in [0, 0.05) is 12.1 Å². The summed E-state index contributed by atoms with van der Waals surface area (Å²) in [5.41, 5.74) is 0. The summed E-state index contributed by atoms with van der Waals surface area (Å²) in [5.74, 6) is 1.50. The molecule has 1 aromatic heterocycles. The fourth-order valence-electron chi connectivity index (χ4n) is 2.99. The molecule has 0 bridgehead atoms. The van der Waals surface area contributed by atoms with Gasteiger partial charge in [0.15, 0.2) is 0 Å². The summed E-state index contributed by atoms with van der Waals surface area (Å²) in [6.07, 6.45) is 7.04. The fraction of sp³-hybridized carbons (Fsp3) is 0.733. The topological polar surface area (TPSA) is 45.4 Å². The van der Waals surface area contributed by atoms with Gasteiger partial charge in [-0.15, -0.1) is 0 Å². The van der Waals surface area contributed by atoms with E-state index in [1.54, 1.807) is 6.26 Å². The highest BCUT2D eigenvalue weighted by Gasteiger charge is 2.22. The van der Waals surface area contributed by atoms with E-state index >= 15 is 0 Å². The minimum atomic E-state index is -0.497. The second-order valence-electron chi connectivity index (χ2n) is 5.80. The maximum atomic E-state index is 10.0. The molecule has 18 heavy (non-hydrogen) atoms. The quantitative estimate of drug-likeness (QED) is 0.844. The third-order valence-corrected chi connectivity index (χ3v) is 3.91. The zero-order valence-corrected chi connectivity index (χ0v) is 11.4. The van der Waals surface area contributed by atoms with Crippen molar-refractivity contribution in [3.05, 3.63) is 24.2 Å². The van der Waals surface area contributed by atoms with Gasteiger partial charge in [0.2, 0.25) is 0 Å². The van der Waals surface area contributed by atoms with E-state index in [2.05, 4.69) is 19.2 Å². The van der Waals surface area contributed by atoms with Crippen LogP contribution in [-0.4, -0.2) is 17.2 Å². The van der Waals surface area contributed by atoms with Crippen LogP contribution in [0.3, 0.4) is 0 Å². The predicted molar refractivity (Wildman–Crippen MR) is 72.3 cm³/mol. The molecule has 2 rings (SSSR count). The zero-order valence-electron chi connectivity index (χ0n) is 11.4. The van der Waals surface area contributed by atoms with Crippen molar-refractivity contribution in [2.24, 2.45) is 5.92 Å². The SMILES string of the molecule is CC1CCCC(NC(C)CC(O)c2ccco2)C1. The average Bonchev–Trinajstić information content (AvgIpc) is 2.81. The van der Waals surface area contributed by atoms with Crippen LogP contribution >= 0.6 is 0 Å². The first-order valence-electron chi connectivity index (χ1n) is 7.12. The summed E-state index contributed by atoms with van der Waals surface area (Å²) in [4.78, 5) is 0. The molecule has 1 fully saturated rings. The third-order valence-electron chi connectivity index (χ3n) is 3.91. The Kier molecular flexibility index (Phi) is 4.84. The van der Waals surface area contributed by atoms with Gasteiger partial charge in [-0.1, -0.05) is 19.8 Å². The minimum Gasteiger partial charge on any atom is -0.467 e. The molecule has 102 valence electrons. The van der Waals surface area contributed by atoms with Gasteiger partial charge in [0.05, 0.1) is 6.26 Å². The van der Waals surface area contributed by atoms with E-state index in [9.17, 15) is 5.11 Å². The van der Waals surface area contributed by atoms with Crippen LogP contribution in [0.25, 0.3) is 0 Å². The second-order valence-corrected chi connectivity index (χ2v) is 5.80. The predicted octanol–water partition coefficient (Wildman–Crippen LogP) is 3.26. The smallest absolute Gasteiger partial charge is 0.132 e. The highest BCUT2D eigenvalue weighted by atomic mass is 16.4. The van der Waals surface area contributed by atoms with E-state index in [1.165, 1.54) is 25.7 Å². The Balaban J connectivity index is 1.76. The summed E-state index contributed by atoms with van der Waals surface area (Å²) >= 11 is 0. The maximum Gasteiger partial charge on any atom is 0.132 e. The second kappa shape index (κ2) is 6.39. The van der Waals surface area contributed by atoms with Crippen molar-refractivity contribution >= 4 is 0 Å². The van der Waals surface area contributed by atoms with E-state index in [1.807, 2.05) is 12.1 Å².